The monoisotopic (exact) mass is 350 g/mol. The number of carbonyl (C=O) groups excluding carboxylic acids is 1. The van der Waals surface area contributed by atoms with Gasteiger partial charge in [-0.3, -0.25) is 9.69 Å². The number of nitrogens with zero attached hydrogens (tertiary/aromatic N) is 3. The topological polar surface area (TPSA) is 58.1 Å². The maximum absolute atomic E-state index is 13.1. The Morgan fingerprint density at radius 3 is 2.96 bits per heavy atom. The molecule has 1 N–H and O–H groups in total. The van der Waals surface area contributed by atoms with Gasteiger partial charge in [-0.2, -0.15) is 0 Å². The summed E-state index contributed by atoms with van der Waals surface area (Å²) in [6.07, 6.45) is 5.06. The molecular formula is C21H26N4O. The SMILES string of the molecule is Cc1nccc(CNC(=O)[C@@]23CCC[C@@H]2CN(Cc2ccccc2)C3)n1. The molecule has 1 aromatic carbocycles. The minimum Gasteiger partial charge on any atom is -0.350 e. The van der Waals surface area contributed by atoms with Gasteiger partial charge in [0.1, 0.15) is 5.82 Å². The lowest BCUT2D eigenvalue weighted by molar-refractivity contribution is -0.131. The van der Waals surface area contributed by atoms with Crippen molar-refractivity contribution in [2.45, 2.75) is 39.3 Å². The second-order valence-electron chi connectivity index (χ2n) is 7.68. The van der Waals surface area contributed by atoms with Crippen molar-refractivity contribution in [2.75, 3.05) is 13.1 Å². The average molecular weight is 350 g/mol. The maximum Gasteiger partial charge on any atom is 0.228 e. The van der Waals surface area contributed by atoms with Gasteiger partial charge in [0.05, 0.1) is 17.7 Å². The number of amides is 1. The van der Waals surface area contributed by atoms with Crippen molar-refractivity contribution in [3.05, 3.63) is 59.7 Å². The molecule has 2 atom stereocenters. The van der Waals surface area contributed by atoms with Crippen LogP contribution in [0.15, 0.2) is 42.6 Å². The fourth-order valence-corrected chi connectivity index (χ4v) is 4.68. The molecule has 0 radical (unpaired) electrons. The maximum atomic E-state index is 13.1. The van der Waals surface area contributed by atoms with E-state index in [1.807, 2.05) is 19.1 Å². The molecule has 1 saturated carbocycles. The van der Waals surface area contributed by atoms with E-state index in [2.05, 4.69) is 44.5 Å². The van der Waals surface area contributed by atoms with E-state index in [4.69, 9.17) is 0 Å². The number of carbonyl (C=O) groups is 1. The second-order valence-corrected chi connectivity index (χ2v) is 7.68. The van der Waals surface area contributed by atoms with Crippen molar-refractivity contribution >= 4 is 5.91 Å². The highest BCUT2D eigenvalue weighted by Gasteiger charge is 2.54. The van der Waals surface area contributed by atoms with Crippen molar-refractivity contribution in [1.29, 1.82) is 0 Å². The summed E-state index contributed by atoms with van der Waals surface area (Å²) in [5.41, 5.74) is 1.96. The van der Waals surface area contributed by atoms with Gasteiger partial charge in [0.15, 0.2) is 0 Å². The lowest BCUT2D eigenvalue weighted by Crippen LogP contribution is -2.44. The van der Waals surface area contributed by atoms with Crippen LogP contribution < -0.4 is 5.32 Å². The normalized spacial score (nSPS) is 25.2. The number of likely N-dealkylation sites (tertiary alicyclic amines) is 1. The summed E-state index contributed by atoms with van der Waals surface area (Å²) in [6, 6.07) is 12.4. The number of nitrogens with one attached hydrogen (secondary N) is 1. The van der Waals surface area contributed by atoms with E-state index in [1.165, 1.54) is 5.56 Å². The van der Waals surface area contributed by atoms with Crippen LogP contribution in [0, 0.1) is 18.3 Å². The van der Waals surface area contributed by atoms with E-state index < -0.39 is 0 Å². The first kappa shape index (κ1) is 17.2. The van der Waals surface area contributed by atoms with Crippen LogP contribution in [-0.4, -0.2) is 33.9 Å². The molecule has 0 spiro atoms. The zero-order valence-corrected chi connectivity index (χ0v) is 15.3. The Morgan fingerprint density at radius 1 is 1.31 bits per heavy atom. The molecule has 1 aliphatic carbocycles. The zero-order valence-electron chi connectivity index (χ0n) is 15.3. The Balaban J connectivity index is 1.42. The third-order valence-electron chi connectivity index (χ3n) is 5.91. The van der Waals surface area contributed by atoms with Crippen molar-refractivity contribution in [1.82, 2.24) is 20.2 Å². The van der Waals surface area contributed by atoms with E-state index >= 15 is 0 Å². The van der Waals surface area contributed by atoms with E-state index in [1.54, 1.807) is 6.20 Å². The Morgan fingerprint density at radius 2 is 2.15 bits per heavy atom. The number of aromatic nitrogens is 2. The molecule has 1 aliphatic heterocycles. The fourth-order valence-electron chi connectivity index (χ4n) is 4.68. The number of hydrogen-bond donors (Lipinski definition) is 1. The Bertz CT molecular complexity index is 779. The van der Waals surface area contributed by atoms with Gasteiger partial charge < -0.3 is 5.32 Å². The molecule has 136 valence electrons. The van der Waals surface area contributed by atoms with Crippen LogP contribution >= 0.6 is 0 Å². The largest absolute Gasteiger partial charge is 0.350 e. The smallest absolute Gasteiger partial charge is 0.228 e. The molecule has 5 heteroatoms. The molecule has 2 aromatic rings. The molecule has 5 nitrogen and oxygen atoms in total. The first-order valence-corrected chi connectivity index (χ1v) is 9.49. The Labute approximate surface area is 154 Å². The quantitative estimate of drug-likeness (QED) is 0.901. The van der Waals surface area contributed by atoms with Crippen LogP contribution in [0.2, 0.25) is 0 Å². The molecule has 2 aliphatic rings. The van der Waals surface area contributed by atoms with Crippen LogP contribution in [0.5, 0.6) is 0 Å². The minimum absolute atomic E-state index is 0.201. The highest BCUT2D eigenvalue weighted by atomic mass is 16.2. The molecule has 1 amide bonds. The highest BCUT2D eigenvalue weighted by molar-refractivity contribution is 5.84. The van der Waals surface area contributed by atoms with E-state index in [-0.39, 0.29) is 11.3 Å². The van der Waals surface area contributed by atoms with Gasteiger partial charge in [-0.15, -0.1) is 0 Å². The van der Waals surface area contributed by atoms with Crippen LogP contribution in [0.1, 0.15) is 36.3 Å². The summed E-state index contributed by atoms with van der Waals surface area (Å²) in [6.45, 7) is 5.17. The van der Waals surface area contributed by atoms with Crippen LogP contribution in [0.3, 0.4) is 0 Å². The predicted octanol–water partition coefficient (Wildman–Crippen LogP) is 2.70. The van der Waals surface area contributed by atoms with Gasteiger partial charge in [-0.1, -0.05) is 36.8 Å². The number of hydrogen-bond acceptors (Lipinski definition) is 4. The summed E-state index contributed by atoms with van der Waals surface area (Å²) < 4.78 is 0. The highest BCUT2D eigenvalue weighted by Crippen LogP contribution is 2.49. The standard InChI is InChI=1S/C21H26N4O/c1-16-22-11-9-19(24-16)12-23-20(26)21-10-5-8-18(21)14-25(15-21)13-17-6-3-2-4-7-17/h2-4,6-7,9,11,18H,5,8,10,12-15H2,1H3,(H,23,26)/t18-,21-/m1/s1. The Hall–Kier alpha value is -2.27. The lowest BCUT2D eigenvalue weighted by atomic mass is 9.80. The van der Waals surface area contributed by atoms with Gasteiger partial charge in [0.25, 0.3) is 0 Å². The zero-order chi connectivity index (χ0) is 18.0. The summed E-state index contributed by atoms with van der Waals surface area (Å²) in [4.78, 5) is 24.1. The summed E-state index contributed by atoms with van der Waals surface area (Å²) >= 11 is 0. The third-order valence-corrected chi connectivity index (χ3v) is 5.91. The number of fused-ring (bicyclic) bond motifs is 1. The fraction of sp³-hybridized carbons (Fsp3) is 0.476. The summed E-state index contributed by atoms with van der Waals surface area (Å²) in [5, 5.41) is 3.16. The van der Waals surface area contributed by atoms with Crippen molar-refractivity contribution in [3.8, 4) is 0 Å². The van der Waals surface area contributed by atoms with Gasteiger partial charge in [-0.05, 0) is 37.3 Å². The summed E-state index contributed by atoms with van der Waals surface area (Å²) in [7, 11) is 0. The van der Waals surface area contributed by atoms with E-state index in [0.29, 0.717) is 12.5 Å². The Kier molecular flexibility index (Phi) is 4.72. The molecule has 0 unspecified atom stereocenters. The number of benzene rings is 1. The predicted molar refractivity (Wildman–Crippen MR) is 100 cm³/mol. The molecule has 2 heterocycles. The average Bonchev–Trinajstić information content (AvgIpc) is 3.18. The lowest BCUT2D eigenvalue weighted by Gasteiger charge is -2.27. The molecule has 4 rings (SSSR count). The summed E-state index contributed by atoms with van der Waals surface area (Å²) in [5.74, 6) is 1.41. The van der Waals surface area contributed by atoms with Gasteiger partial charge in [-0.25, -0.2) is 9.97 Å². The number of rotatable bonds is 5. The molecule has 1 aromatic heterocycles. The molecular weight excluding hydrogens is 324 g/mol. The van der Waals surface area contributed by atoms with Crippen LogP contribution in [0.25, 0.3) is 0 Å². The molecule has 26 heavy (non-hydrogen) atoms. The van der Waals surface area contributed by atoms with E-state index in [9.17, 15) is 4.79 Å². The van der Waals surface area contributed by atoms with Crippen LogP contribution in [0.4, 0.5) is 0 Å². The molecule has 2 fully saturated rings. The first-order chi connectivity index (χ1) is 12.7. The van der Waals surface area contributed by atoms with Gasteiger partial charge >= 0.3 is 0 Å². The minimum atomic E-state index is -0.225. The third kappa shape index (κ3) is 3.36. The van der Waals surface area contributed by atoms with Gasteiger partial charge in [0.2, 0.25) is 5.91 Å². The second kappa shape index (κ2) is 7.16. The molecule has 1 saturated heterocycles. The number of aryl methyl sites for hydroxylation is 1. The van der Waals surface area contributed by atoms with Crippen LogP contribution in [-0.2, 0) is 17.9 Å². The first-order valence-electron chi connectivity index (χ1n) is 9.49. The van der Waals surface area contributed by atoms with Crippen molar-refractivity contribution in [3.63, 3.8) is 0 Å². The van der Waals surface area contributed by atoms with Crippen molar-refractivity contribution < 1.29 is 4.79 Å². The van der Waals surface area contributed by atoms with Gasteiger partial charge in [0, 0.05) is 25.8 Å². The van der Waals surface area contributed by atoms with Crippen molar-refractivity contribution in [2.24, 2.45) is 11.3 Å². The van der Waals surface area contributed by atoms with E-state index in [0.717, 1.165) is 50.4 Å². The molecule has 0 bridgehead atoms.